The number of hydrogen-bond donors (Lipinski definition) is 1. The van der Waals surface area contributed by atoms with Gasteiger partial charge in [-0.2, -0.15) is 0 Å². The highest BCUT2D eigenvalue weighted by atomic mass is 16.2. The van der Waals surface area contributed by atoms with Crippen LogP contribution in [0.15, 0.2) is 0 Å². The maximum Gasteiger partial charge on any atom is 0.239 e. The standard InChI is InChI=1S/C15H26N2O/c1-17-13-9-5-4-7-11(13)10-6-2-3-8-12(10)14(16)15(17)18/h10-14H,2-9,16H2,1H3/t10-,11+,12-,13-,14-/m1/s1. The van der Waals surface area contributed by atoms with E-state index in [-0.39, 0.29) is 11.9 Å². The predicted octanol–water partition coefficient (Wildman–Crippen LogP) is 2.15. The minimum Gasteiger partial charge on any atom is -0.341 e. The van der Waals surface area contributed by atoms with E-state index in [0.29, 0.717) is 17.9 Å². The highest BCUT2D eigenvalue weighted by molar-refractivity contribution is 5.82. The van der Waals surface area contributed by atoms with Crippen LogP contribution in [0.25, 0.3) is 0 Å². The molecule has 1 aliphatic heterocycles. The molecule has 3 rings (SSSR count). The molecule has 18 heavy (non-hydrogen) atoms. The Kier molecular flexibility index (Phi) is 3.35. The van der Waals surface area contributed by atoms with E-state index < -0.39 is 0 Å². The van der Waals surface area contributed by atoms with Gasteiger partial charge in [-0.15, -0.1) is 0 Å². The Balaban J connectivity index is 1.93. The number of nitrogens with two attached hydrogens (primary N) is 1. The van der Waals surface area contributed by atoms with E-state index in [4.69, 9.17) is 5.73 Å². The van der Waals surface area contributed by atoms with Gasteiger partial charge < -0.3 is 10.6 Å². The fraction of sp³-hybridized carbons (Fsp3) is 0.933. The zero-order chi connectivity index (χ0) is 12.7. The van der Waals surface area contributed by atoms with Crippen LogP contribution >= 0.6 is 0 Å². The van der Waals surface area contributed by atoms with Gasteiger partial charge in [0.15, 0.2) is 0 Å². The van der Waals surface area contributed by atoms with E-state index in [9.17, 15) is 4.79 Å². The Hall–Kier alpha value is -0.570. The van der Waals surface area contributed by atoms with E-state index >= 15 is 0 Å². The summed E-state index contributed by atoms with van der Waals surface area (Å²) in [7, 11) is 1.99. The van der Waals surface area contributed by atoms with Gasteiger partial charge in [-0.05, 0) is 43.4 Å². The zero-order valence-corrected chi connectivity index (χ0v) is 11.5. The summed E-state index contributed by atoms with van der Waals surface area (Å²) in [6, 6.07) is 0.247. The molecule has 2 aliphatic carbocycles. The van der Waals surface area contributed by atoms with E-state index in [1.54, 1.807) is 0 Å². The van der Waals surface area contributed by atoms with Crippen LogP contribution in [0.4, 0.5) is 0 Å². The molecular formula is C15H26N2O. The number of hydrogen-bond acceptors (Lipinski definition) is 2. The lowest BCUT2D eigenvalue weighted by Gasteiger charge is -2.42. The summed E-state index contributed by atoms with van der Waals surface area (Å²) in [5.74, 6) is 2.11. The van der Waals surface area contributed by atoms with E-state index in [1.807, 2.05) is 11.9 Å². The van der Waals surface area contributed by atoms with Crippen molar-refractivity contribution in [3.8, 4) is 0 Å². The molecule has 1 saturated heterocycles. The quantitative estimate of drug-likeness (QED) is 0.716. The Morgan fingerprint density at radius 1 is 0.944 bits per heavy atom. The molecule has 0 radical (unpaired) electrons. The van der Waals surface area contributed by atoms with Crippen LogP contribution < -0.4 is 5.73 Å². The van der Waals surface area contributed by atoms with Crippen molar-refractivity contribution in [3.63, 3.8) is 0 Å². The molecule has 3 heteroatoms. The molecule has 102 valence electrons. The van der Waals surface area contributed by atoms with Crippen molar-refractivity contribution < 1.29 is 4.79 Å². The first-order chi connectivity index (χ1) is 8.70. The summed E-state index contributed by atoms with van der Waals surface area (Å²) in [6.07, 6.45) is 10.2. The smallest absolute Gasteiger partial charge is 0.239 e. The first-order valence-corrected chi connectivity index (χ1v) is 7.72. The molecule has 3 nitrogen and oxygen atoms in total. The second-order valence-electron chi connectivity index (χ2n) is 6.60. The largest absolute Gasteiger partial charge is 0.341 e. The van der Waals surface area contributed by atoms with Gasteiger partial charge >= 0.3 is 0 Å². The number of carbonyl (C=O) groups is 1. The van der Waals surface area contributed by atoms with E-state index in [0.717, 1.165) is 5.92 Å². The van der Waals surface area contributed by atoms with E-state index in [2.05, 4.69) is 0 Å². The number of carbonyl (C=O) groups excluding carboxylic acids is 1. The maximum absolute atomic E-state index is 12.5. The third kappa shape index (κ3) is 1.87. The Bertz CT molecular complexity index is 300. The van der Waals surface area contributed by atoms with Crippen LogP contribution in [-0.4, -0.2) is 29.9 Å². The average molecular weight is 250 g/mol. The molecule has 3 aliphatic rings. The number of likely N-dealkylation sites (tertiary alicyclic amines) is 1. The summed E-state index contributed by atoms with van der Waals surface area (Å²) in [4.78, 5) is 14.5. The number of rotatable bonds is 0. The molecule has 0 spiro atoms. The second kappa shape index (κ2) is 4.84. The van der Waals surface area contributed by atoms with Crippen molar-refractivity contribution in [2.75, 3.05) is 7.05 Å². The number of fused-ring (bicyclic) bond motifs is 3. The third-order valence-corrected chi connectivity index (χ3v) is 5.80. The zero-order valence-electron chi connectivity index (χ0n) is 11.5. The maximum atomic E-state index is 12.5. The molecule has 0 unspecified atom stereocenters. The van der Waals surface area contributed by atoms with Crippen molar-refractivity contribution in [1.82, 2.24) is 4.90 Å². The van der Waals surface area contributed by atoms with Crippen LogP contribution in [0.1, 0.15) is 51.4 Å². The molecule has 2 saturated carbocycles. The van der Waals surface area contributed by atoms with Crippen LogP contribution in [0, 0.1) is 17.8 Å². The van der Waals surface area contributed by atoms with Gasteiger partial charge in [0, 0.05) is 13.1 Å². The normalized spacial score (nSPS) is 45.1. The molecule has 0 aromatic heterocycles. The van der Waals surface area contributed by atoms with Crippen LogP contribution in [0.3, 0.4) is 0 Å². The summed E-state index contributed by atoms with van der Waals surface area (Å²) in [6.45, 7) is 0. The molecule has 3 fully saturated rings. The fourth-order valence-corrected chi connectivity index (χ4v) is 4.87. The Morgan fingerprint density at radius 3 is 2.22 bits per heavy atom. The first-order valence-electron chi connectivity index (χ1n) is 7.72. The molecule has 1 amide bonds. The lowest BCUT2D eigenvalue weighted by molar-refractivity contribution is -0.134. The number of amides is 1. The molecule has 1 heterocycles. The van der Waals surface area contributed by atoms with Crippen LogP contribution in [0.5, 0.6) is 0 Å². The van der Waals surface area contributed by atoms with Crippen molar-refractivity contribution in [2.24, 2.45) is 23.5 Å². The Morgan fingerprint density at radius 2 is 1.50 bits per heavy atom. The molecule has 2 N–H and O–H groups in total. The second-order valence-corrected chi connectivity index (χ2v) is 6.60. The number of likely N-dealkylation sites (N-methyl/N-ethyl adjacent to an activating group) is 1. The topological polar surface area (TPSA) is 46.3 Å². The Labute approximate surface area is 110 Å². The van der Waals surface area contributed by atoms with Gasteiger partial charge in [0.05, 0.1) is 6.04 Å². The lowest BCUT2D eigenvalue weighted by Crippen LogP contribution is -2.48. The van der Waals surface area contributed by atoms with Crippen molar-refractivity contribution in [1.29, 1.82) is 0 Å². The third-order valence-electron chi connectivity index (χ3n) is 5.80. The average Bonchev–Trinajstić information content (AvgIpc) is 2.51. The minimum absolute atomic E-state index is 0.210. The van der Waals surface area contributed by atoms with Crippen molar-refractivity contribution in [3.05, 3.63) is 0 Å². The molecule has 0 aromatic rings. The van der Waals surface area contributed by atoms with Gasteiger partial charge in [-0.3, -0.25) is 4.79 Å². The molecule has 0 bridgehead atoms. The van der Waals surface area contributed by atoms with Crippen molar-refractivity contribution in [2.45, 2.75) is 63.5 Å². The summed E-state index contributed by atoms with van der Waals surface area (Å²) in [5.41, 5.74) is 6.29. The van der Waals surface area contributed by atoms with Crippen molar-refractivity contribution >= 4 is 5.91 Å². The van der Waals surface area contributed by atoms with Crippen LogP contribution in [0.2, 0.25) is 0 Å². The van der Waals surface area contributed by atoms with E-state index in [1.165, 1.54) is 51.4 Å². The SMILES string of the molecule is CN1C(=O)[C@H](N)[C@@H]2CCCC[C@@H]2[C@@H]2CCCC[C@H]21. The first kappa shape index (κ1) is 12.5. The molecule has 0 aromatic carbocycles. The fourth-order valence-electron chi connectivity index (χ4n) is 4.87. The lowest BCUT2D eigenvalue weighted by atomic mass is 9.65. The summed E-state index contributed by atoms with van der Waals surface area (Å²) < 4.78 is 0. The van der Waals surface area contributed by atoms with Gasteiger partial charge in [-0.25, -0.2) is 0 Å². The molecule has 5 atom stereocenters. The number of nitrogens with zero attached hydrogens (tertiary/aromatic N) is 1. The molecular weight excluding hydrogens is 224 g/mol. The van der Waals surface area contributed by atoms with Gasteiger partial charge in [0.1, 0.15) is 0 Å². The van der Waals surface area contributed by atoms with Gasteiger partial charge in [0.25, 0.3) is 0 Å². The highest BCUT2D eigenvalue weighted by Crippen LogP contribution is 2.46. The highest BCUT2D eigenvalue weighted by Gasteiger charge is 2.47. The summed E-state index contributed by atoms with van der Waals surface area (Å²) >= 11 is 0. The minimum atomic E-state index is -0.231. The van der Waals surface area contributed by atoms with Gasteiger partial charge in [0.2, 0.25) is 5.91 Å². The predicted molar refractivity (Wildman–Crippen MR) is 71.9 cm³/mol. The van der Waals surface area contributed by atoms with Crippen LogP contribution in [-0.2, 0) is 4.79 Å². The summed E-state index contributed by atoms with van der Waals surface area (Å²) in [5, 5.41) is 0. The van der Waals surface area contributed by atoms with Gasteiger partial charge in [-0.1, -0.05) is 25.7 Å². The monoisotopic (exact) mass is 250 g/mol.